The number of fused-ring (bicyclic) bond motifs is 2. The molecule has 0 bridgehead atoms. The highest BCUT2D eigenvalue weighted by molar-refractivity contribution is 5.85. The molecule has 0 spiro atoms. The number of para-hydroxylation sites is 1. The maximum atomic E-state index is 10.1. The van der Waals surface area contributed by atoms with Crippen LogP contribution in [0.2, 0.25) is 0 Å². The SMILES string of the molecule is CCc1ccc(N2c3cccc(-c4nc5ccc(C(C)(C)C)cc5[nH]4)c3OC[C@@H]2CO)nc1. The third kappa shape index (κ3) is 3.85. The number of hydrogen-bond donors (Lipinski definition) is 2. The fraction of sp³-hybridized carbons (Fsp3) is 0.333. The number of aliphatic hydroxyl groups excluding tert-OH is 1. The molecule has 170 valence electrons. The molecule has 1 atom stereocenters. The Kier molecular flexibility index (Phi) is 5.33. The third-order valence-corrected chi connectivity index (χ3v) is 6.32. The van der Waals surface area contributed by atoms with Crippen LogP contribution in [0.15, 0.2) is 54.7 Å². The zero-order valence-corrected chi connectivity index (χ0v) is 19.6. The van der Waals surface area contributed by atoms with Crippen LogP contribution in [0.1, 0.15) is 38.8 Å². The van der Waals surface area contributed by atoms with E-state index < -0.39 is 0 Å². The van der Waals surface area contributed by atoms with Gasteiger partial charge >= 0.3 is 0 Å². The van der Waals surface area contributed by atoms with Crippen molar-refractivity contribution in [2.45, 2.75) is 45.6 Å². The lowest BCUT2D eigenvalue weighted by Gasteiger charge is -2.37. The van der Waals surface area contributed by atoms with Crippen LogP contribution in [0.25, 0.3) is 22.4 Å². The number of H-pyrrole nitrogens is 1. The van der Waals surface area contributed by atoms with Crippen molar-refractivity contribution in [3.63, 3.8) is 0 Å². The van der Waals surface area contributed by atoms with Gasteiger partial charge in [-0.25, -0.2) is 9.97 Å². The lowest BCUT2D eigenvalue weighted by molar-refractivity contribution is 0.195. The second-order valence-electron chi connectivity index (χ2n) is 9.62. The highest BCUT2D eigenvalue weighted by Crippen LogP contribution is 2.44. The van der Waals surface area contributed by atoms with E-state index in [-0.39, 0.29) is 18.1 Å². The molecule has 3 heterocycles. The summed E-state index contributed by atoms with van der Waals surface area (Å²) in [5, 5.41) is 10.1. The molecular weight excluding hydrogens is 412 g/mol. The number of aromatic nitrogens is 3. The maximum absolute atomic E-state index is 10.1. The first-order valence-corrected chi connectivity index (χ1v) is 11.5. The number of ether oxygens (including phenoxy) is 1. The summed E-state index contributed by atoms with van der Waals surface area (Å²) in [5.74, 6) is 2.32. The molecule has 0 aliphatic carbocycles. The van der Waals surface area contributed by atoms with Crippen LogP contribution in [0, 0.1) is 0 Å². The molecule has 1 aliphatic rings. The highest BCUT2D eigenvalue weighted by Gasteiger charge is 2.31. The van der Waals surface area contributed by atoms with Gasteiger partial charge in [0.05, 0.1) is 34.9 Å². The number of hydrogen-bond acceptors (Lipinski definition) is 5. The number of benzene rings is 2. The quantitative estimate of drug-likeness (QED) is 0.444. The lowest BCUT2D eigenvalue weighted by atomic mass is 9.87. The molecular formula is C27H30N4O2. The number of aryl methyl sites for hydroxylation is 1. The van der Waals surface area contributed by atoms with E-state index in [1.54, 1.807) is 0 Å². The monoisotopic (exact) mass is 442 g/mol. The summed E-state index contributed by atoms with van der Waals surface area (Å²) in [6.45, 7) is 9.08. The molecule has 0 saturated carbocycles. The van der Waals surface area contributed by atoms with Crippen molar-refractivity contribution < 1.29 is 9.84 Å². The van der Waals surface area contributed by atoms with Crippen molar-refractivity contribution in [2.75, 3.05) is 18.1 Å². The largest absolute Gasteiger partial charge is 0.488 e. The number of pyridine rings is 1. The van der Waals surface area contributed by atoms with Crippen LogP contribution in [-0.4, -0.2) is 39.3 Å². The topological polar surface area (TPSA) is 74.3 Å². The van der Waals surface area contributed by atoms with E-state index in [1.165, 1.54) is 11.1 Å². The van der Waals surface area contributed by atoms with Gasteiger partial charge in [-0.1, -0.05) is 45.9 Å². The number of imidazole rings is 1. The second-order valence-corrected chi connectivity index (χ2v) is 9.62. The van der Waals surface area contributed by atoms with Crippen molar-refractivity contribution in [2.24, 2.45) is 0 Å². The fourth-order valence-electron chi connectivity index (χ4n) is 4.32. The summed E-state index contributed by atoms with van der Waals surface area (Å²) in [6, 6.07) is 16.3. The molecule has 5 rings (SSSR count). The number of nitrogens with zero attached hydrogens (tertiary/aromatic N) is 3. The van der Waals surface area contributed by atoms with Crippen molar-refractivity contribution in [1.29, 1.82) is 0 Å². The van der Waals surface area contributed by atoms with Crippen molar-refractivity contribution in [1.82, 2.24) is 15.0 Å². The van der Waals surface area contributed by atoms with E-state index in [1.807, 2.05) is 30.5 Å². The predicted octanol–water partition coefficient (Wildman–Crippen LogP) is 5.38. The Balaban J connectivity index is 1.60. The average molecular weight is 443 g/mol. The van der Waals surface area contributed by atoms with Gasteiger partial charge in [-0.3, -0.25) is 0 Å². The molecule has 0 saturated heterocycles. The number of nitrogens with one attached hydrogen (secondary N) is 1. The number of aliphatic hydroxyl groups is 1. The Labute approximate surface area is 194 Å². The highest BCUT2D eigenvalue weighted by atomic mass is 16.5. The zero-order valence-electron chi connectivity index (χ0n) is 19.6. The summed E-state index contributed by atoms with van der Waals surface area (Å²) in [6.07, 6.45) is 2.83. The van der Waals surface area contributed by atoms with E-state index in [0.717, 1.165) is 46.1 Å². The molecule has 0 fully saturated rings. The van der Waals surface area contributed by atoms with Crippen LogP contribution in [0.5, 0.6) is 5.75 Å². The van der Waals surface area contributed by atoms with E-state index in [0.29, 0.717) is 6.61 Å². The van der Waals surface area contributed by atoms with Gasteiger partial charge in [-0.2, -0.15) is 0 Å². The molecule has 4 aromatic rings. The molecule has 6 heteroatoms. The second kappa shape index (κ2) is 8.19. The van der Waals surface area contributed by atoms with Gasteiger partial charge in [0, 0.05) is 6.20 Å². The fourth-order valence-corrected chi connectivity index (χ4v) is 4.32. The van der Waals surface area contributed by atoms with Crippen LogP contribution < -0.4 is 9.64 Å². The molecule has 0 unspecified atom stereocenters. The van der Waals surface area contributed by atoms with Crippen LogP contribution >= 0.6 is 0 Å². The van der Waals surface area contributed by atoms with Crippen molar-refractivity contribution >= 4 is 22.5 Å². The van der Waals surface area contributed by atoms with Gasteiger partial charge in [0.2, 0.25) is 0 Å². The third-order valence-electron chi connectivity index (χ3n) is 6.32. The van der Waals surface area contributed by atoms with Gasteiger partial charge in [0.1, 0.15) is 18.2 Å². The minimum atomic E-state index is -0.210. The Hall–Kier alpha value is -3.38. The van der Waals surface area contributed by atoms with E-state index in [9.17, 15) is 5.11 Å². The molecule has 33 heavy (non-hydrogen) atoms. The molecule has 0 amide bonds. The zero-order chi connectivity index (χ0) is 23.2. The first kappa shape index (κ1) is 21.5. The minimum absolute atomic E-state index is 0.0267. The van der Waals surface area contributed by atoms with Crippen LogP contribution in [0.3, 0.4) is 0 Å². The van der Waals surface area contributed by atoms with Gasteiger partial charge in [-0.15, -0.1) is 0 Å². The first-order chi connectivity index (χ1) is 15.9. The Morgan fingerprint density at radius 3 is 2.70 bits per heavy atom. The predicted molar refractivity (Wildman–Crippen MR) is 132 cm³/mol. The summed E-state index contributed by atoms with van der Waals surface area (Å²) in [4.78, 5) is 15.1. The number of aromatic amines is 1. The minimum Gasteiger partial charge on any atom is -0.488 e. The normalized spacial score (nSPS) is 16.0. The molecule has 0 radical (unpaired) electrons. The Morgan fingerprint density at radius 2 is 2.00 bits per heavy atom. The Bertz CT molecular complexity index is 1290. The van der Waals surface area contributed by atoms with Gasteiger partial charge in [0.15, 0.2) is 5.75 Å². The Morgan fingerprint density at radius 1 is 1.15 bits per heavy atom. The number of rotatable bonds is 4. The van der Waals surface area contributed by atoms with Gasteiger partial charge in [0.25, 0.3) is 0 Å². The molecule has 6 nitrogen and oxygen atoms in total. The van der Waals surface area contributed by atoms with Crippen molar-refractivity contribution in [3.05, 3.63) is 65.9 Å². The summed E-state index contributed by atoms with van der Waals surface area (Å²) in [5.41, 5.74) is 6.21. The number of anilines is 2. The maximum Gasteiger partial charge on any atom is 0.154 e. The van der Waals surface area contributed by atoms with Crippen LogP contribution in [0.4, 0.5) is 11.5 Å². The van der Waals surface area contributed by atoms with E-state index in [2.05, 4.69) is 66.8 Å². The van der Waals surface area contributed by atoms with Gasteiger partial charge < -0.3 is 19.7 Å². The lowest BCUT2D eigenvalue weighted by Crippen LogP contribution is -2.43. The molecule has 2 aromatic carbocycles. The van der Waals surface area contributed by atoms with Crippen LogP contribution in [-0.2, 0) is 11.8 Å². The molecule has 1 aliphatic heterocycles. The van der Waals surface area contributed by atoms with E-state index >= 15 is 0 Å². The molecule has 2 aromatic heterocycles. The average Bonchev–Trinajstić information content (AvgIpc) is 3.25. The summed E-state index contributed by atoms with van der Waals surface area (Å²) in [7, 11) is 0. The van der Waals surface area contributed by atoms with E-state index in [4.69, 9.17) is 9.72 Å². The van der Waals surface area contributed by atoms with Gasteiger partial charge in [-0.05, 0) is 53.3 Å². The smallest absolute Gasteiger partial charge is 0.154 e. The summed E-state index contributed by atoms with van der Waals surface area (Å²) < 4.78 is 6.19. The van der Waals surface area contributed by atoms with Crippen molar-refractivity contribution in [3.8, 4) is 17.1 Å². The standard InChI is InChI=1S/C27H30N4O2/c1-5-17-9-12-24(28-14-17)31-19(15-32)16-33-25-20(7-6-8-23(25)31)26-29-21-11-10-18(27(2,3)4)13-22(21)30-26/h6-14,19,32H,5,15-16H2,1-4H3,(H,29,30)/t19-/m0/s1. The molecule has 2 N–H and O–H groups in total. The first-order valence-electron chi connectivity index (χ1n) is 11.5. The summed E-state index contributed by atoms with van der Waals surface area (Å²) >= 11 is 0.